The van der Waals surface area contributed by atoms with Gasteiger partial charge >= 0.3 is 0 Å². The number of rotatable bonds is 9. The molecular formula is C17H27NO2. The first-order valence-electron chi connectivity index (χ1n) is 7.25. The minimum atomic E-state index is -0.468. The van der Waals surface area contributed by atoms with E-state index in [-0.39, 0.29) is 0 Å². The summed E-state index contributed by atoms with van der Waals surface area (Å²) in [5.41, 5.74) is 0.602. The van der Waals surface area contributed by atoms with Gasteiger partial charge in [-0.1, -0.05) is 44.2 Å². The van der Waals surface area contributed by atoms with Crippen LogP contribution in [0.15, 0.2) is 30.3 Å². The third kappa shape index (κ3) is 5.06. The standard InChI is InChI=1S/C17H27NO2/c1-15(2)12-18(10-11-20-4)13-17(3,14-19)16-8-6-5-7-9-16/h5-9,14-15H,10-13H2,1-4H3. The Balaban J connectivity index is 2.84. The van der Waals surface area contributed by atoms with Crippen LogP contribution in [0.5, 0.6) is 0 Å². The fraction of sp³-hybridized carbons (Fsp3) is 0.588. The number of benzene rings is 1. The zero-order chi connectivity index (χ0) is 15.0. The second kappa shape index (κ2) is 8.18. The number of hydrogen-bond donors (Lipinski definition) is 0. The van der Waals surface area contributed by atoms with Gasteiger partial charge in [0.2, 0.25) is 0 Å². The van der Waals surface area contributed by atoms with Gasteiger partial charge in [-0.05, 0) is 18.4 Å². The van der Waals surface area contributed by atoms with Crippen LogP contribution in [0.1, 0.15) is 26.3 Å². The van der Waals surface area contributed by atoms with Crippen molar-refractivity contribution in [2.75, 3.05) is 33.4 Å². The lowest BCUT2D eigenvalue weighted by Crippen LogP contribution is -2.43. The summed E-state index contributed by atoms with van der Waals surface area (Å²) in [5.74, 6) is 0.568. The highest BCUT2D eigenvalue weighted by atomic mass is 16.5. The van der Waals surface area contributed by atoms with Gasteiger partial charge in [0, 0.05) is 26.7 Å². The SMILES string of the molecule is COCCN(CC(C)C)CC(C)(C=O)c1ccccc1. The lowest BCUT2D eigenvalue weighted by molar-refractivity contribution is -0.112. The molecule has 0 amide bonds. The molecule has 0 radical (unpaired) electrons. The molecule has 0 N–H and O–H groups in total. The van der Waals surface area contributed by atoms with Gasteiger partial charge in [-0.3, -0.25) is 4.90 Å². The largest absolute Gasteiger partial charge is 0.383 e. The Morgan fingerprint density at radius 2 is 1.95 bits per heavy atom. The van der Waals surface area contributed by atoms with Crippen molar-refractivity contribution in [3.63, 3.8) is 0 Å². The van der Waals surface area contributed by atoms with E-state index in [2.05, 4.69) is 18.7 Å². The Bertz CT molecular complexity index is 391. The first-order chi connectivity index (χ1) is 9.51. The molecule has 1 aromatic rings. The van der Waals surface area contributed by atoms with E-state index in [0.29, 0.717) is 12.5 Å². The van der Waals surface area contributed by atoms with Crippen LogP contribution >= 0.6 is 0 Å². The first-order valence-corrected chi connectivity index (χ1v) is 7.25. The molecule has 0 heterocycles. The van der Waals surface area contributed by atoms with Gasteiger partial charge in [0.25, 0.3) is 0 Å². The van der Waals surface area contributed by atoms with Gasteiger partial charge in [-0.15, -0.1) is 0 Å². The van der Waals surface area contributed by atoms with Crippen LogP contribution in [0.4, 0.5) is 0 Å². The number of ether oxygens (including phenoxy) is 1. The number of methoxy groups -OCH3 is 1. The van der Waals surface area contributed by atoms with Crippen molar-refractivity contribution in [1.29, 1.82) is 0 Å². The van der Waals surface area contributed by atoms with Crippen molar-refractivity contribution >= 4 is 6.29 Å². The van der Waals surface area contributed by atoms with E-state index in [1.165, 1.54) is 0 Å². The van der Waals surface area contributed by atoms with Crippen LogP contribution in [0.25, 0.3) is 0 Å². The fourth-order valence-corrected chi connectivity index (χ4v) is 2.45. The summed E-state index contributed by atoms with van der Waals surface area (Å²) in [4.78, 5) is 14.0. The predicted octanol–water partition coefficient (Wildman–Crippen LogP) is 2.75. The maximum atomic E-state index is 11.7. The quantitative estimate of drug-likeness (QED) is 0.650. The molecular weight excluding hydrogens is 250 g/mol. The average Bonchev–Trinajstić information content (AvgIpc) is 2.45. The van der Waals surface area contributed by atoms with Crippen molar-refractivity contribution in [1.82, 2.24) is 4.90 Å². The number of nitrogens with zero attached hydrogens (tertiary/aromatic N) is 1. The molecule has 0 bridgehead atoms. The van der Waals surface area contributed by atoms with Gasteiger partial charge in [0.15, 0.2) is 0 Å². The molecule has 0 fully saturated rings. The van der Waals surface area contributed by atoms with Gasteiger partial charge in [-0.25, -0.2) is 0 Å². The van der Waals surface area contributed by atoms with Gasteiger partial charge < -0.3 is 9.53 Å². The number of aldehydes is 1. The minimum absolute atomic E-state index is 0.468. The number of carbonyl (C=O) groups excluding carboxylic acids is 1. The molecule has 1 aromatic carbocycles. The topological polar surface area (TPSA) is 29.5 Å². The highest BCUT2D eigenvalue weighted by Crippen LogP contribution is 2.23. The summed E-state index contributed by atoms with van der Waals surface area (Å²) >= 11 is 0. The minimum Gasteiger partial charge on any atom is -0.383 e. The molecule has 20 heavy (non-hydrogen) atoms. The van der Waals surface area contributed by atoms with Crippen molar-refractivity contribution in [3.05, 3.63) is 35.9 Å². The maximum absolute atomic E-state index is 11.7. The fourth-order valence-electron chi connectivity index (χ4n) is 2.45. The molecule has 3 nitrogen and oxygen atoms in total. The normalized spacial score (nSPS) is 14.5. The van der Waals surface area contributed by atoms with Gasteiger partial charge in [-0.2, -0.15) is 0 Å². The van der Waals surface area contributed by atoms with E-state index < -0.39 is 5.41 Å². The molecule has 0 spiro atoms. The Kier molecular flexibility index (Phi) is 6.89. The van der Waals surface area contributed by atoms with E-state index in [0.717, 1.165) is 31.5 Å². The summed E-state index contributed by atoms with van der Waals surface area (Å²) in [6.07, 6.45) is 1.07. The summed E-state index contributed by atoms with van der Waals surface area (Å²) < 4.78 is 5.18. The zero-order valence-corrected chi connectivity index (χ0v) is 13.1. The number of hydrogen-bond acceptors (Lipinski definition) is 3. The van der Waals surface area contributed by atoms with Crippen molar-refractivity contribution in [3.8, 4) is 0 Å². The molecule has 0 saturated carbocycles. The second-order valence-corrected chi connectivity index (χ2v) is 6.02. The molecule has 1 unspecified atom stereocenters. The Morgan fingerprint density at radius 3 is 2.45 bits per heavy atom. The van der Waals surface area contributed by atoms with E-state index in [4.69, 9.17) is 4.74 Å². The molecule has 0 aliphatic carbocycles. The smallest absolute Gasteiger partial charge is 0.131 e. The van der Waals surface area contributed by atoms with E-state index in [9.17, 15) is 4.79 Å². The first kappa shape index (κ1) is 16.9. The van der Waals surface area contributed by atoms with Gasteiger partial charge in [0.05, 0.1) is 12.0 Å². The van der Waals surface area contributed by atoms with E-state index in [1.807, 2.05) is 37.3 Å². The van der Waals surface area contributed by atoms with Crippen molar-refractivity contribution in [2.45, 2.75) is 26.2 Å². The second-order valence-electron chi connectivity index (χ2n) is 6.02. The lowest BCUT2D eigenvalue weighted by Gasteiger charge is -2.33. The lowest BCUT2D eigenvalue weighted by atomic mass is 9.83. The van der Waals surface area contributed by atoms with Crippen LogP contribution in [-0.2, 0) is 14.9 Å². The molecule has 1 rings (SSSR count). The predicted molar refractivity (Wildman–Crippen MR) is 83.0 cm³/mol. The van der Waals surface area contributed by atoms with E-state index in [1.54, 1.807) is 7.11 Å². The monoisotopic (exact) mass is 277 g/mol. The molecule has 0 aliphatic rings. The molecule has 0 aromatic heterocycles. The molecule has 3 heteroatoms. The highest BCUT2D eigenvalue weighted by molar-refractivity contribution is 5.68. The maximum Gasteiger partial charge on any atom is 0.131 e. The Morgan fingerprint density at radius 1 is 1.30 bits per heavy atom. The molecule has 1 atom stereocenters. The Labute approximate surface area is 122 Å². The van der Waals surface area contributed by atoms with Crippen LogP contribution in [0.3, 0.4) is 0 Å². The summed E-state index contributed by atoms with van der Waals surface area (Å²) in [6, 6.07) is 10.0. The van der Waals surface area contributed by atoms with Crippen molar-refractivity contribution < 1.29 is 9.53 Å². The van der Waals surface area contributed by atoms with Crippen molar-refractivity contribution in [2.24, 2.45) is 5.92 Å². The van der Waals surface area contributed by atoms with Crippen LogP contribution < -0.4 is 0 Å². The summed E-state index contributed by atoms with van der Waals surface area (Å²) in [5, 5.41) is 0. The number of carbonyl (C=O) groups is 1. The van der Waals surface area contributed by atoms with E-state index >= 15 is 0 Å². The molecule has 112 valence electrons. The van der Waals surface area contributed by atoms with Crippen LogP contribution in [0, 0.1) is 5.92 Å². The van der Waals surface area contributed by atoms with Crippen LogP contribution in [-0.4, -0.2) is 44.5 Å². The van der Waals surface area contributed by atoms with Crippen LogP contribution in [0.2, 0.25) is 0 Å². The Hall–Kier alpha value is -1.19. The summed E-state index contributed by atoms with van der Waals surface area (Å²) in [7, 11) is 1.71. The highest BCUT2D eigenvalue weighted by Gasteiger charge is 2.28. The molecule has 0 saturated heterocycles. The third-order valence-corrected chi connectivity index (χ3v) is 3.48. The average molecular weight is 277 g/mol. The summed E-state index contributed by atoms with van der Waals surface area (Å²) in [6.45, 7) is 9.64. The zero-order valence-electron chi connectivity index (χ0n) is 13.1. The molecule has 0 aliphatic heterocycles. The third-order valence-electron chi connectivity index (χ3n) is 3.48. The van der Waals surface area contributed by atoms with Gasteiger partial charge in [0.1, 0.15) is 6.29 Å².